The highest BCUT2D eigenvalue weighted by atomic mass is 32.2. The molecule has 0 nitrogen and oxygen atoms in total. The van der Waals surface area contributed by atoms with E-state index in [0.29, 0.717) is 0 Å². The lowest BCUT2D eigenvalue weighted by Gasteiger charge is -2.15. The van der Waals surface area contributed by atoms with E-state index in [0.717, 1.165) is 27.3 Å². The fraction of sp³-hybridized carbons (Fsp3) is 0.200. The highest BCUT2D eigenvalue weighted by molar-refractivity contribution is 7.98. The summed E-state index contributed by atoms with van der Waals surface area (Å²) in [5.41, 5.74) is 3.04. The molecule has 2 aromatic rings. The van der Waals surface area contributed by atoms with E-state index in [4.69, 9.17) is 0 Å². The van der Waals surface area contributed by atoms with Gasteiger partial charge in [-0.1, -0.05) is 13.0 Å². The van der Waals surface area contributed by atoms with Crippen molar-refractivity contribution >= 4 is 11.8 Å². The molecule has 0 saturated carbocycles. The highest BCUT2D eigenvalue weighted by Crippen LogP contribution is 2.40. The summed E-state index contributed by atoms with van der Waals surface area (Å²) in [6.45, 7) is 2.00. The minimum Gasteiger partial charge on any atom is -0.207 e. The van der Waals surface area contributed by atoms with Crippen molar-refractivity contribution in [3.8, 4) is 0 Å². The molecule has 0 amide bonds. The van der Waals surface area contributed by atoms with Crippen LogP contribution >= 0.6 is 11.8 Å². The van der Waals surface area contributed by atoms with Crippen LogP contribution in [0.5, 0.6) is 0 Å². The third-order valence-electron chi connectivity index (χ3n) is 3.40. The van der Waals surface area contributed by atoms with Crippen molar-refractivity contribution in [1.82, 2.24) is 0 Å². The third-order valence-corrected chi connectivity index (χ3v) is 4.53. The van der Waals surface area contributed by atoms with Gasteiger partial charge in [0.1, 0.15) is 11.6 Å². The number of thioether (sulfide) groups is 1. The summed E-state index contributed by atoms with van der Waals surface area (Å²) in [6, 6.07) is 9.75. The van der Waals surface area contributed by atoms with Gasteiger partial charge in [0.25, 0.3) is 0 Å². The van der Waals surface area contributed by atoms with Gasteiger partial charge in [-0.25, -0.2) is 8.78 Å². The second-order valence-corrected chi connectivity index (χ2v) is 5.55. The monoisotopic (exact) mass is 262 g/mol. The Morgan fingerprint density at radius 2 is 1.67 bits per heavy atom. The first kappa shape index (κ1) is 11.7. The number of hydrogen-bond donors (Lipinski definition) is 0. The maximum Gasteiger partial charge on any atom is 0.123 e. The summed E-state index contributed by atoms with van der Waals surface area (Å²) in [5.74, 6) is 0.362. The molecule has 18 heavy (non-hydrogen) atoms. The SMILES string of the molecule is CC1c2cc(F)ccc2CSc2ccc(F)cc21. The van der Waals surface area contributed by atoms with Crippen molar-refractivity contribution in [2.24, 2.45) is 0 Å². The van der Waals surface area contributed by atoms with Gasteiger partial charge < -0.3 is 0 Å². The lowest BCUT2D eigenvalue weighted by Crippen LogP contribution is -2.00. The van der Waals surface area contributed by atoms with E-state index in [1.165, 1.54) is 12.1 Å². The zero-order valence-electron chi connectivity index (χ0n) is 9.91. The molecule has 0 spiro atoms. The van der Waals surface area contributed by atoms with Gasteiger partial charge in [0.2, 0.25) is 0 Å². The van der Waals surface area contributed by atoms with Crippen LogP contribution in [0.4, 0.5) is 8.78 Å². The molecule has 1 unspecified atom stereocenters. The third kappa shape index (κ3) is 1.93. The van der Waals surface area contributed by atoms with Crippen LogP contribution in [-0.4, -0.2) is 0 Å². The maximum absolute atomic E-state index is 13.4. The molecule has 92 valence electrons. The number of fused-ring (bicyclic) bond motifs is 2. The minimum atomic E-state index is -0.235. The van der Waals surface area contributed by atoms with E-state index in [1.807, 2.05) is 19.1 Å². The van der Waals surface area contributed by atoms with Crippen molar-refractivity contribution in [2.45, 2.75) is 23.5 Å². The summed E-state index contributed by atoms with van der Waals surface area (Å²) >= 11 is 1.68. The summed E-state index contributed by atoms with van der Waals surface area (Å²) in [4.78, 5) is 1.08. The van der Waals surface area contributed by atoms with E-state index in [-0.39, 0.29) is 17.6 Å². The van der Waals surface area contributed by atoms with Crippen molar-refractivity contribution < 1.29 is 8.78 Å². The molecule has 3 heteroatoms. The van der Waals surface area contributed by atoms with Crippen LogP contribution < -0.4 is 0 Å². The second-order valence-electron chi connectivity index (χ2n) is 4.54. The van der Waals surface area contributed by atoms with Crippen LogP contribution in [0, 0.1) is 11.6 Å². The molecule has 1 aliphatic rings. The van der Waals surface area contributed by atoms with Gasteiger partial charge in [0.15, 0.2) is 0 Å². The Labute approximate surface area is 109 Å². The fourth-order valence-corrected chi connectivity index (χ4v) is 3.55. The van der Waals surface area contributed by atoms with Gasteiger partial charge in [-0.3, -0.25) is 0 Å². The van der Waals surface area contributed by atoms with Gasteiger partial charge in [-0.2, -0.15) is 0 Å². The molecule has 0 fully saturated rings. The lowest BCUT2D eigenvalue weighted by molar-refractivity contribution is 0.618. The Kier molecular flexibility index (Phi) is 2.86. The summed E-state index contributed by atoms with van der Waals surface area (Å²) in [5, 5.41) is 0. The predicted molar refractivity (Wildman–Crippen MR) is 69.9 cm³/mol. The van der Waals surface area contributed by atoms with Gasteiger partial charge in [-0.15, -0.1) is 11.8 Å². The number of rotatable bonds is 0. The minimum absolute atomic E-state index is 0.0244. The summed E-state index contributed by atoms with van der Waals surface area (Å²) in [7, 11) is 0. The van der Waals surface area contributed by atoms with E-state index in [9.17, 15) is 8.78 Å². The molecule has 0 radical (unpaired) electrons. The average Bonchev–Trinajstić information content (AvgIpc) is 2.49. The molecule has 2 aromatic carbocycles. The Hall–Kier alpha value is -1.35. The van der Waals surface area contributed by atoms with Gasteiger partial charge in [0.05, 0.1) is 0 Å². The normalized spacial score (nSPS) is 17.8. The van der Waals surface area contributed by atoms with E-state index in [1.54, 1.807) is 23.9 Å². The standard InChI is InChI=1S/C15H12F2S/c1-9-13-6-11(16)3-2-10(13)8-18-15-5-4-12(17)7-14(9)15/h2-7,9H,8H2,1H3. The van der Waals surface area contributed by atoms with Crippen LogP contribution in [0.2, 0.25) is 0 Å². The van der Waals surface area contributed by atoms with Crippen LogP contribution in [0.25, 0.3) is 0 Å². The molecule has 0 aliphatic carbocycles. The molecule has 3 rings (SSSR count). The molecular formula is C15H12F2S. The molecule has 0 N–H and O–H groups in total. The summed E-state index contributed by atoms with van der Waals surface area (Å²) in [6.07, 6.45) is 0. The van der Waals surface area contributed by atoms with E-state index in [2.05, 4.69) is 0 Å². The molecule has 1 atom stereocenters. The molecular weight excluding hydrogens is 250 g/mol. The van der Waals surface area contributed by atoms with Crippen LogP contribution in [0.1, 0.15) is 29.5 Å². The lowest BCUT2D eigenvalue weighted by atomic mass is 9.90. The molecule has 0 bridgehead atoms. The van der Waals surface area contributed by atoms with E-state index < -0.39 is 0 Å². The average molecular weight is 262 g/mol. The highest BCUT2D eigenvalue weighted by Gasteiger charge is 2.21. The zero-order chi connectivity index (χ0) is 12.7. The smallest absolute Gasteiger partial charge is 0.123 e. The first-order valence-electron chi connectivity index (χ1n) is 5.86. The molecule has 0 aromatic heterocycles. The van der Waals surface area contributed by atoms with Gasteiger partial charge in [0, 0.05) is 16.6 Å². The van der Waals surface area contributed by atoms with Crippen LogP contribution in [0.3, 0.4) is 0 Å². The fourth-order valence-electron chi connectivity index (χ4n) is 2.41. The first-order valence-corrected chi connectivity index (χ1v) is 6.84. The van der Waals surface area contributed by atoms with Crippen LogP contribution in [-0.2, 0) is 5.75 Å². The van der Waals surface area contributed by atoms with Gasteiger partial charge in [-0.05, 0) is 47.0 Å². The second kappa shape index (κ2) is 4.39. The zero-order valence-corrected chi connectivity index (χ0v) is 10.7. The molecule has 1 aliphatic heterocycles. The van der Waals surface area contributed by atoms with Crippen LogP contribution in [0.15, 0.2) is 41.3 Å². The first-order chi connectivity index (χ1) is 8.65. The predicted octanol–water partition coefficient (Wildman–Crippen LogP) is 4.72. The Balaban J connectivity index is 2.18. The molecule has 1 heterocycles. The Morgan fingerprint density at radius 1 is 1.00 bits per heavy atom. The number of hydrogen-bond acceptors (Lipinski definition) is 1. The quantitative estimate of drug-likeness (QED) is 0.662. The topological polar surface area (TPSA) is 0 Å². The van der Waals surface area contributed by atoms with Crippen molar-refractivity contribution in [2.75, 3.05) is 0 Å². The van der Waals surface area contributed by atoms with Crippen molar-refractivity contribution in [3.05, 3.63) is 64.7 Å². The molecule has 0 saturated heterocycles. The largest absolute Gasteiger partial charge is 0.207 e. The van der Waals surface area contributed by atoms with Gasteiger partial charge >= 0.3 is 0 Å². The van der Waals surface area contributed by atoms with E-state index >= 15 is 0 Å². The van der Waals surface area contributed by atoms with Crippen molar-refractivity contribution in [3.63, 3.8) is 0 Å². The number of halogens is 2. The maximum atomic E-state index is 13.4. The van der Waals surface area contributed by atoms with Crippen molar-refractivity contribution in [1.29, 1.82) is 0 Å². The summed E-state index contributed by atoms with van der Waals surface area (Å²) < 4.78 is 26.7. The Morgan fingerprint density at radius 3 is 2.44 bits per heavy atom. The Bertz CT molecular complexity index is 554. The number of benzene rings is 2.